The van der Waals surface area contributed by atoms with Gasteiger partial charge in [0.05, 0.1) is 18.9 Å². The molecule has 1 amide bonds. The normalized spacial score (nSPS) is 20.4. The van der Waals surface area contributed by atoms with Gasteiger partial charge in [-0.05, 0) is 65.8 Å². The molecular formula is C31H27N3O2. The number of nitrogens with zero attached hydrogens (tertiary/aromatic N) is 3. The van der Waals surface area contributed by atoms with Gasteiger partial charge in [0.15, 0.2) is 0 Å². The van der Waals surface area contributed by atoms with Crippen LogP contribution in [0, 0.1) is 17.2 Å². The lowest BCUT2D eigenvalue weighted by Crippen LogP contribution is -2.32. The quantitative estimate of drug-likeness (QED) is 0.317. The Morgan fingerprint density at radius 2 is 1.69 bits per heavy atom. The summed E-state index contributed by atoms with van der Waals surface area (Å²) < 4.78 is 5.22. The summed E-state index contributed by atoms with van der Waals surface area (Å²) in [7, 11) is 1.60. The van der Waals surface area contributed by atoms with Gasteiger partial charge < -0.3 is 4.74 Å². The summed E-state index contributed by atoms with van der Waals surface area (Å²) in [5.74, 6) is 0.415. The molecule has 0 radical (unpaired) electrons. The van der Waals surface area contributed by atoms with Crippen molar-refractivity contribution in [1.82, 2.24) is 5.01 Å². The molecule has 0 saturated heterocycles. The molecule has 3 aromatic carbocycles. The lowest BCUT2D eigenvalue weighted by atomic mass is 9.77. The molecule has 0 bridgehead atoms. The fourth-order valence-electron chi connectivity index (χ4n) is 5.03. The second-order valence-electron chi connectivity index (χ2n) is 9.01. The van der Waals surface area contributed by atoms with E-state index in [0.717, 1.165) is 47.2 Å². The van der Waals surface area contributed by atoms with Crippen LogP contribution < -0.4 is 4.74 Å². The highest BCUT2D eigenvalue weighted by atomic mass is 16.5. The van der Waals surface area contributed by atoms with Crippen LogP contribution in [-0.4, -0.2) is 23.7 Å². The minimum absolute atomic E-state index is 0.0534. The van der Waals surface area contributed by atoms with Crippen molar-refractivity contribution < 1.29 is 9.53 Å². The highest BCUT2D eigenvalue weighted by Gasteiger charge is 2.44. The molecule has 1 aliphatic heterocycles. The van der Waals surface area contributed by atoms with Crippen molar-refractivity contribution in [2.45, 2.75) is 25.3 Å². The number of nitriles is 1. The van der Waals surface area contributed by atoms with Crippen molar-refractivity contribution in [3.8, 4) is 11.8 Å². The van der Waals surface area contributed by atoms with Crippen LogP contribution in [0.15, 0.2) is 101 Å². The Labute approximate surface area is 211 Å². The SMILES string of the molecule is COc1ccc(/C=C(\C#N)C(=O)N2N=C3/C(=C/c4ccccc4)CCC[C@@H]3[C@H]2c2ccccc2)cc1. The van der Waals surface area contributed by atoms with Crippen LogP contribution in [0.1, 0.15) is 42.0 Å². The zero-order valence-electron chi connectivity index (χ0n) is 20.2. The molecule has 1 heterocycles. The zero-order chi connectivity index (χ0) is 24.9. The Morgan fingerprint density at radius 3 is 2.36 bits per heavy atom. The number of carbonyl (C=O) groups is 1. The number of ether oxygens (including phenoxy) is 1. The summed E-state index contributed by atoms with van der Waals surface area (Å²) in [6, 6.07) is 29.4. The first-order valence-corrected chi connectivity index (χ1v) is 12.2. The number of hydrazone groups is 1. The van der Waals surface area contributed by atoms with E-state index in [2.05, 4.69) is 24.3 Å². The van der Waals surface area contributed by atoms with Gasteiger partial charge in [-0.3, -0.25) is 4.79 Å². The van der Waals surface area contributed by atoms with Crippen molar-refractivity contribution in [3.05, 3.63) is 113 Å². The van der Waals surface area contributed by atoms with Crippen LogP contribution in [0.4, 0.5) is 0 Å². The van der Waals surface area contributed by atoms with Gasteiger partial charge in [-0.2, -0.15) is 10.4 Å². The van der Waals surface area contributed by atoms with Gasteiger partial charge in [-0.1, -0.05) is 72.8 Å². The maximum atomic E-state index is 13.8. The molecule has 0 spiro atoms. The number of fused-ring (bicyclic) bond motifs is 1. The topological polar surface area (TPSA) is 65.7 Å². The summed E-state index contributed by atoms with van der Waals surface area (Å²) in [5, 5.41) is 16.4. The van der Waals surface area contributed by atoms with E-state index in [1.54, 1.807) is 13.2 Å². The molecule has 1 saturated carbocycles. The smallest absolute Gasteiger partial charge is 0.285 e. The van der Waals surface area contributed by atoms with E-state index in [1.807, 2.05) is 72.8 Å². The van der Waals surface area contributed by atoms with E-state index in [1.165, 1.54) is 5.01 Å². The number of hydrogen-bond donors (Lipinski definition) is 0. The Hall–Kier alpha value is -4.43. The molecule has 0 aromatic heterocycles. The largest absolute Gasteiger partial charge is 0.497 e. The van der Waals surface area contributed by atoms with E-state index in [0.29, 0.717) is 5.75 Å². The molecule has 0 N–H and O–H groups in total. The Morgan fingerprint density at radius 1 is 1.00 bits per heavy atom. The van der Waals surface area contributed by atoms with Crippen LogP contribution in [0.25, 0.3) is 12.2 Å². The van der Waals surface area contributed by atoms with Gasteiger partial charge in [0.25, 0.3) is 5.91 Å². The lowest BCUT2D eigenvalue weighted by Gasteiger charge is -2.29. The van der Waals surface area contributed by atoms with Crippen molar-refractivity contribution >= 4 is 23.8 Å². The number of benzene rings is 3. The Kier molecular flexibility index (Phi) is 6.77. The molecule has 3 aromatic rings. The number of carbonyl (C=O) groups excluding carboxylic acids is 1. The maximum absolute atomic E-state index is 13.8. The number of allylic oxidation sites excluding steroid dienone is 1. The molecule has 2 atom stereocenters. The molecule has 178 valence electrons. The summed E-state index contributed by atoms with van der Waals surface area (Å²) in [6.45, 7) is 0. The van der Waals surface area contributed by atoms with E-state index < -0.39 is 0 Å². The van der Waals surface area contributed by atoms with Crippen molar-refractivity contribution in [2.24, 2.45) is 11.0 Å². The number of hydrogen-bond acceptors (Lipinski definition) is 4. The Balaban J connectivity index is 1.55. The fourth-order valence-corrected chi connectivity index (χ4v) is 5.03. The van der Waals surface area contributed by atoms with Gasteiger partial charge in [-0.25, -0.2) is 5.01 Å². The first-order valence-electron chi connectivity index (χ1n) is 12.2. The minimum atomic E-state index is -0.386. The predicted octanol–water partition coefficient (Wildman–Crippen LogP) is 6.43. The second-order valence-corrected chi connectivity index (χ2v) is 9.01. The van der Waals surface area contributed by atoms with Gasteiger partial charge in [0.2, 0.25) is 0 Å². The molecule has 5 rings (SSSR count). The molecule has 36 heavy (non-hydrogen) atoms. The van der Waals surface area contributed by atoms with Crippen molar-refractivity contribution in [1.29, 1.82) is 5.26 Å². The van der Waals surface area contributed by atoms with E-state index in [-0.39, 0.29) is 23.4 Å². The van der Waals surface area contributed by atoms with Gasteiger partial charge >= 0.3 is 0 Å². The maximum Gasteiger partial charge on any atom is 0.285 e. The van der Waals surface area contributed by atoms with Gasteiger partial charge in [0.1, 0.15) is 17.4 Å². The van der Waals surface area contributed by atoms with Crippen LogP contribution in [0.5, 0.6) is 5.75 Å². The van der Waals surface area contributed by atoms with Crippen LogP contribution >= 0.6 is 0 Å². The van der Waals surface area contributed by atoms with Gasteiger partial charge in [0, 0.05) is 5.92 Å². The number of rotatable bonds is 5. The van der Waals surface area contributed by atoms with E-state index in [9.17, 15) is 10.1 Å². The molecule has 5 heteroatoms. The average Bonchev–Trinajstić information content (AvgIpc) is 3.33. The van der Waals surface area contributed by atoms with Crippen molar-refractivity contribution in [2.75, 3.05) is 7.11 Å². The molecule has 2 aliphatic rings. The Bertz CT molecular complexity index is 1370. The van der Waals surface area contributed by atoms with E-state index in [4.69, 9.17) is 9.84 Å². The molecule has 1 fully saturated rings. The first-order chi connectivity index (χ1) is 17.7. The van der Waals surface area contributed by atoms with Crippen LogP contribution in [0.2, 0.25) is 0 Å². The third kappa shape index (κ3) is 4.71. The number of amides is 1. The fraction of sp³-hybridized carbons (Fsp3) is 0.194. The first kappa shape index (κ1) is 23.3. The summed E-state index contributed by atoms with van der Waals surface area (Å²) in [5.41, 5.74) is 5.07. The standard InChI is InChI=1S/C31H27N3O2/c1-36-27-17-15-23(16-18-27)20-26(21-32)31(35)34-30(24-11-6-3-7-12-24)28-14-8-13-25(29(28)33-34)19-22-9-4-2-5-10-22/h2-7,9-12,15-20,28,30H,8,13-14H2,1H3/b25-19+,26-20+/t28-,30+/m0/s1. The van der Waals surface area contributed by atoms with Gasteiger partial charge in [-0.15, -0.1) is 0 Å². The third-order valence-corrected chi connectivity index (χ3v) is 6.77. The third-order valence-electron chi connectivity index (χ3n) is 6.77. The molecule has 5 nitrogen and oxygen atoms in total. The predicted molar refractivity (Wildman–Crippen MR) is 142 cm³/mol. The highest BCUT2D eigenvalue weighted by Crippen LogP contribution is 2.44. The zero-order valence-corrected chi connectivity index (χ0v) is 20.2. The van der Waals surface area contributed by atoms with Crippen LogP contribution in [-0.2, 0) is 4.79 Å². The monoisotopic (exact) mass is 473 g/mol. The average molecular weight is 474 g/mol. The molecule has 0 unspecified atom stereocenters. The lowest BCUT2D eigenvalue weighted by molar-refractivity contribution is -0.129. The van der Waals surface area contributed by atoms with Crippen LogP contribution in [0.3, 0.4) is 0 Å². The summed E-state index contributed by atoms with van der Waals surface area (Å²) in [4.78, 5) is 13.8. The number of methoxy groups -OCH3 is 1. The highest BCUT2D eigenvalue weighted by molar-refractivity contribution is 6.10. The molecular weight excluding hydrogens is 446 g/mol. The summed E-state index contributed by atoms with van der Waals surface area (Å²) in [6.07, 6.45) is 6.69. The molecule has 1 aliphatic carbocycles. The minimum Gasteiger partial charge on any atom is -0.497 e. The van der Waals surface area contributed by atoms with E-state index >= 15 is 0 Å². The van der Waals surface area contributed by atoms with Crippen molar-refractivity contribution in [3.63, 3.8) is 0 Å². The second kappa shape index (κ2) is 10.5. The summed E-state index contributed by atoms with van der Waals surface area (Å²) >= 11 is 0.